The summed E-state index contributed by atoms with van der Waals surface area (Å²) in [4.78, 5) is 10.7. The molecule has 0 aliphatic rings. The Balaban J connectivity index is 2.15. The van der Waals surface area contributed by atoms with Crippen molar-refractivity contribution in [3.63, 3.8) is 0 Å². The molecule has 0 bridgehead atoms. The molecule has 0 aliphatic heterocycles. The second-order valence-electron chi connectivity index (χ2n) is 4.49. The molecule has 3 rings (SSSR count). The second-order valence-corrected chi connectivity index (χ2v) is 4.93. The molecule has 0 fully saturated rings. The van der Waals surface area contributed by atoms with E-state index in [1.165, 1.54) is 0 Å². The lowest BCUT2D eigenvalue weighted by molar-refractivity contribution is 0.142. The van der Waals surface area contributed by atoms with Gasteiger partial charge in [-0.25, -0.2) is 9.48 Å². The first-order chi connectivity index (χ1) is 10.6. The standard InChI is InChI=1S/C16H11ClN2O3/c17-12-7-4-8-13(9-12)19-14(11-5-2-1-3-6-11)10-15(18-19)22-16(20)21/h1-10H,(H,20,21). The van der Waals surface area contributed by atoms with Gasteiger partial charge < -0.3 is 9.84 Å². The van der Waals surface area contributed by atoms with Crippen molar-refractivity contribution in [3.05, 3.63) is 65.7 Å². The van der Waals surface area contributed by atoms with E-state index in [0.717, 1.165) is 5.56 Å². The van der Waals surface area contributed by atoms with Gasteiger partial charge in [0.1, 0.15) is 0 Å². The Bertz CT molecular complexity index is 815. The summed E-state index contributed by atoms with van der Waals surface area (Å²) in [5.74, 6) is 0.00586. The molecule has 5 nitrogen and oxygen atoms in total. The van der Waals surface area contributed by atoms with E-state index in [4.69, 9.17) is 16.7 Å². The number of carbonyl (C=O) groups is 1. The first kappa shape index (κ1) is 14.2. The van der Waals surface area contributed by atoms with Crippen LogP contribution in [0.15, 0.2) is 60.7 Å². The number of benzene rings is 2. The molecule has 3 aromatic rings. The zero-order valence-electron chi connectivity index (χ0n) is 11.3. The molecule has 6 heteroatoms. The summed E-state index contributed by atoms with van der Waals surface area (Å²) in [5, 5.41) is 13.5. The molecule has 0 saturated heterocycles. The topological polar surface area (TPSA) is 64.3 Å². The van der Waals surface area contributed by atoms with Crippen LogP contribution in [0.3, 0.4) is 0 Å². The van der Waals surface area contributed by atoms with E-state index in [1.807, 2.05) is 36.4 Å². The molecule has 1 heterocycles. The third-order valence-electron chi connectivity index (χ3n) is 3.00. The number of ether oxygens (including phenoxy) is 1. The largest absolute Gasteiger partial charge is 0.512 e. The van der Waals surface area contributed by atoms with Crippen LogP contribution in [0.25, 0.3) is 16.9 Å². The van der Waals surface area contributed by atoms with E-state index in [2.05, 4.69) is 9.84 Å². The molecule has 2 aromatic carbocycles. The maximum atomic E-state index is 10.7. The van der Waals surface area contributed by atoms with Gasteiger partial charge >= 0.3 is 6.16 Å². The van der Waals surface area contributed by atoms with E-state index < -0.39 is 6.16 Å². The Morgan fingerprint density at radius 3 is 2.55 bits per heavy atom. The van der Waals surface area contributed by atoms with Crippen molar-refractivity contribution in [2.24, 2.45) is 0 Å². The number of hydrogen-bond donors (Lipinski definition) is 1. The fourth-order valence-electron chi connectivity index (χ4n) is 2.12. The van der Waals surface area contributed by atoms with Crippen LogP contribution >= 0.6 is 11.6 Å². The lowest BCUT2D eigenvalue weighted by Gasteiger charge is -2.07. The van der Waals surface area contributed by atoms with Gasteiger partial charge in [0.15, 0.2) is 0 Å². The average Bonchev–Trinajstić information content (AvgIpc) is 2.91. The monoisotopic (exact) mass is 314 g/mol. The molecule has 110 valence electrons. The minimum Gasteiger partial charge on any atom is -0.449 e. The van der Waals surface area contributed by atoms with Crippen LogP contribution in [0.5, 0.6) is 5.88 Å². The third-order valence-corrected chi connectivity index (χ3v) is 3.24. The van der Waals surface area contributed by atoms with E-state index in [1.54, 1.807) is 28.9 Å². The van der Waals surface area contributed by atoms with E-state index in [9.17, 15) is 4.79 Å². The van der Waals surface area contributed by atoms with Gasteiger partial charge in [0.05, 0.1) is 11.4 Å². The Kier molecular flexibility index (Phi) is 3.80. The number of carboxylic acid groups (broad SMARTS) is 1. The summed E-state index contributed by atoms with van der Waals surface area (Å²) in [6.45, 7) is 0. The summed E-state index contributed by atoms with van der Waals surface area (Å²) < 4.78 is 6.26. The fraction of sp³-hybridized carbons (Fsp3) is 0. The Morgan fingerprint density at radius 2 is 1.86 bits per heavy atom. The van der Waals surface area contributed by atoms with Gasteiger partial charge in [0, 0.05) is 16.7 Å². The number of hydrogen-bond acceptors (Lipinski definition) is 3. The molecule has 1 aromatic heterocycles. The smallest absolute Gasteiger partial charge is 0.449 e. The highest BCUT2D eigenvalue weighted by atomic mass is 35.5. The van der Waals surface area contributed by atoms with Crippen molar-refractivity contribution < 1.29 is 14.6 Å². The van der Waals surface area contributed by atoms with Gasteiger partial charge in [0.2, 0.25) is 5.88 Å². The molecule has 0 saturated carbocycles. The van der Waals surface area contributed by atoms with E-state index in [-0.39, 0.29) is 5.88 Å². The molecular formula is C16H11ClN2O3. The molecular weight excluding hydrogens is 304 g/mol. The third kappa shape index (κ3) is 2.94. The van der Waals surface area contributed by atoms with Crippen molar-refractivity contribution in [2.75, 3.05) is 0 Å². The zero-order valence-corrected chi connectivity index (χ0v) is 12.1. The number of rotatable bonds is 3. The van der Waals surface area contributed by atoms with Crippen molar-refractivity contribution in [1.82, 2.24) is 9.78 Å². The van der Waals surface area contributed by atoms with Crippen molar-refractivity contribution in [1.29, 1.82) is 0 Å². The van der Waals surface area contributed by atoms with Crippen LogP contribution < -0.4 is 4.74 Å². The molecule has 0 radical (unpaired) electrons. The summed E-state index contributed by atoms with van der Waals surface area (Å²) in [6, 6.07) is 18.2. The summed E-state index contributed by atoms with van der Waals surface area (Å²) in [7, 11) is 0. The fourth-order valence-corrected chi connectivity index (χ4v) is 2.30. The van der Waals surface area contributed by atoms with Crippen LogP contribution in [0, 0.1) is 0 Å². The van der Waals surface area contributed by atoms with Crippen molar-refractivity contribution >= 4 is 17.8 Å². The van der Waals surface area contributed by atoms with E-state index in [0.29, 0.717) is 16.4 Å². The highest BCUT2D eigenvalue weighted by Gasteiger charge is 2.14. The van der Waals surface area contributed by atoms with Crippen LogP contribution in [-0.2, 0) is 0 Å². The van der Waals surface area contributed by atoms with Gasteiger partial charge in [0.25, 0.3) is 0 Å². The van der Waals surface area contributed by atoms with Gasteiger partial charge in [-0.1, -0.05) is 48.0 Å². The second kappa shape index (κ2) is 5.91. The Morgan fingerprint density at radius 1 is 1.09 bits per heavy atom. The van der Waals surface area contributed by atoms with Crippen LogP contribution in [-0.4, -0.2) is 21.0 Å². The first-order valence-electron chi connectivity index (χ1n) is 6.46. The molecule has 0 aliphatic carbocycles. The normalized spacial score (nSPS) is 10.4. The number of nitrogens with zero attached hydrogens (tertiary/aromatic N) is 2. The maximum Gasteiger partial charge on any atom is 0.512 e. The van der Waals surface area contributed by atoms with Gasteiger partial charge in [-0.3, -0.25) is 0 Å². The minimum absolute atomic E-state index is 0.00586. The summed E-state index contributed by atoms with van der Waals surface area (Å²) in [6.07, 6.45) is -1.41. The minimum atomic E-state index is -1.41. The zero-order chi connectivity index (χ0) is 15.5. The highest BCUT2D eigenvalue weighted by molar-refractivity contribution is 6.30. The molecule has 1 N–H and O–H groups in total. The lowest BCUT2D eigenvalue weighted by Crippen LogP contribution is -2.04. The predicted octanol–water partition coefficient (Wildman–Crippen LogP) is 4.25. The van der Waals surface area contributed by atoms with Crippen molar-refractivity contribution in [2.45, 2.75) is 0 Å². The highest BCUT2D eigenvalue weighted by Crippen LogP contribution is 2.27. The van der Waals surface area contributed by atoms with Crippen LogP contribution in [0.1, 0.15) is 0 Å². The molecule has 0 spiro atoms. The predicted molar refractivity (Wildman–Crippen MR) is 82.7 cm³/mol. The quantitative estimate of drug-likeness (QED) is 0.734. The number of halogens is 1. The Hall–Kier alpha value is -2.79. The molecule has 0 amide bonds. The van der Waals surface area contributed by atoms with Gasteiger partial charge in [-0.2, -0.15) is 0 Å². The van der Waals surface area contributed by atoms with Crippen LogP contribution in [0.2, 0.25) is 5.02 Å². The summed E-state index contributed by atoms with van der Waals surface area (Å²) in [5.41, 5.74) is 2.31. The lowest BCUT2D eigenvalue weighted by atomic mass is 10.1. The molecule has 0 atom stereocenters. The maximum absolute atomic E-state index is 10.7. The number of aromatic nitrogens is 2. The van der Waals surface area contributed by atoms with Gasteiger partial charge in [-0.05, 0) is 18.2 Å². The average molecular weight is 315 g/mol. The first-order valence-corrected chi connectivity index (χ1v) is 6.83. The summed E-state index contributed by atoms with van der Waals surface area (Å²) >= 11 is 6.02. The van der Waals surface area contributed by atoms with E-state index >= 15 is 0 Å². The molecule has 0 unspecified atom stereocenters. The van der Waals surface area contributed by atoms with Gasteiger partial charge in [-0.15, -0.1) is 5.10 Å². The molecule has 22 heavy (non-hydrogen) atoms. The Labute approximate surface area is 131 Å². The van der Waals surface area contributed by atoms with Crippen molar-refractivity contribution in [3.8, 4) is 22.8 Å². The SMILES string of the molecule is O=C(O)Oc1cc(-c2ccccc2)n(-c2cccc(Cl)c2)n1. The van der Waals surface area contributed by atoms with Crippen LogP contribution in [0.4, 0.5) is 4.79 Å².